The number of benzene rings is 1. The quantitative estimate of drug-likeness (QED) is 0.398. The Labute approximate surface area is 164 Å². The first kappa shape index (κ1) is 22.8. The zero-order valence-corrected chi connectivity index (χ0v) is 20.6. The molecule has 1 rings (SSSR count). The second-order valence-corrected chi connectivity index (χ2v) is 17.9. The molecule has 0 radical (unpaired) electrons. The lowest BCUT2D eigenvalue weighted by Gasteiger charge is -2.60. The fraction of sp³-hybridized carbons (Fsp3) is 0.739. The number of rotatable bonds is 4. The van der Waals surface area contributed by atoms with Crippen LogP contribution in [0.2, 0.25) is 15.1 Å². The van der Waals surface area contributed by atoms with Crippen molar-refractivity contribution in [1.82, 2.24) is 0 Å². The summed E-state index contributed by atoms with van der Waals surface area (Å²) in [6.07, 6.45) is 2.13. The van der Waals surface area contributed by atoms with Gasteiger partial charge >= 0.3 is 0 Å². The van der Waals surface area contributed by atoms with Crippen LogP contribution < -0.4 is 0 Å². The Bertz CT molecular complexity index is 533. The van der Waals surface area contributed by atoms with E-state index in [1.165, 1.54) is 27.6 Å². The highest BCUT2D eigenvalue weighted by Gasteiger charge is 2.58. The molecule has 0 spiro atoms. The summed E-state index contributed by atoms with van der Waals surface area (Å²) in [6.45, 7) is 26.9. The van der Waals surface area contributed by atoms with E-state index in [1.807, 2.05) is 0 Å². The molecular formula is C23H42SSi. The van der Waals surface area contributed by atoms with Crippen molar-refractivity contribution in [3.8, 4) is 0 Å². The van der Waals surface area contributed by atoms with Gasteiger partial charge in [-0.05, 0) is 50.7 Å². The molecule has 25 heavy (non-hydrogen) atoms. The Morgan fingerprint density at radius 3 is 1.28 bits per heavy atom. The van der Waals surface area contributed by atoms with Crippen LogP contribution in [0.1, 0.15) is 92.9 Å². The maximum absolute atomic E-state index is 4.81. The van der Waals surface area contributed by atoms with Gasteiger partial charge in [0.05, 0.1) is 8.07 Å². The van der Waals surface area contributed by atoms with Crippen LogP contribution in [-0.2, 0) is 18.9 Å². The highest BCUT2D eigenvalue weighted by Crippen LogP contribution is 2.63. The van der Waals surface area contributed by atoms with Gasteiger partial charge in [0.2, 0.25) is 0 Å². The molecule has 1 aromatic rings. The van der Waals surface area contributed by atoms with Crippen LogP contribution in [0.25, 0.3) is 0 Å². The van der Waals surface area contributed by atoms with Gasteiger partial charge in [-0.3, -0.25) is 0 Å². The van der Waals surface area contributed by atoms with Gasteiger partial charge in [0, 0.05) is 4.90 Å². The van der Waals surface area contributed by atoms with Crippen molar-refractivity contribution >= 4 is 20.7 Å². The van der Waals surface area contributed by atoms with Gasteiger partial charge in [-0.25, -0.2) is 0 Å². The summed E-state index contributed by atoms with van der Waals surface area (Å²) in [6, 6.07) is 6.15. The molecule has 0 aliphatic heterocycles. The Hall–Kier alpha value is -0.213. The fourth-order valence-electron chi connectivity index (χ4n) is 5.95. The predicted molar refractivity (Wildman–Crippen MR) is 121 cm³/mol. The van der Waals surface area contributed by atoms with E-state index < -0.39 is 8.07 Å². The molecule has 0 amide bonds. The minimum Gasteiger partial charge on any atom is -0.143 e. The van der Waals surface area contributed by atoms with Crippen LogP contribution in [0.5, 0.6) is 0 Å². The molecule has 0 aliphatic rings. The molecule has 2 heteroatoms. The van der Waals surface area contributed by atoms with Gasteiger partial charge in [-0.1, -0.05) is 88.3 Å². The first-order chi connectivity index (χ1) is 11.1. The first-order valence-electron chi connectivity index (χ1n) is 9.96. The van der Waals surface area contributed by atoms with E-state index in [9.17, 15) is 0 Å². The van der Waals surface area contributed by atoms with Gasteiger partial charge < -0.3 is 0 Å². The van der Waals surface area contributed by atoms with Gasteiger partial charge in [-0.15, -0.1) is 12.6 Å². The summed E-state index contributed by atoms with van der Waals surface area (Å²) in [7, 11) is -1.75. The molecule has 0 aliphatic carbocycles. The topological polar surface area (TPSA) is 0 Å². The van der Waals surface area contributed by atoms with Crippen molar-refractivity contribution in [3.63, 3.8) is 0 Å². The molecule has 0 N–H and O–H groups in total. The molecule has 0 fully saturated rings. The van der Waals surface area contributed by atoms with Gasteiger partial charge in [0.1, 0.15) is 0 Å². The van der Waals surface area contributed by atoms with Gasteiger partial charge in [0.15, 0.2) is 0 Å². The summed E-state index contributed by atoms with van der Waals surface area (Å²) in [4.78, 5) is 1.21. The van der Waals surface area contributed by atoms with Crippen LogP contribution in [0.15, 0.2) is 17.0 Å². The third kappa shape index (κ3) is 4.21. The van der Waals surface area contributed by atoms with E-state index in [2.05, 4.69) is 88.3 Å². The number of thiol groups is 1. The van der Waals surface area contributed by atoms with E-state index in [4.69, 9.17) is 12.6 Å². The SMILES string of the molecule is CCc1cc(C[Si](C(C)(C)C)(C(C)(C)C)C(C)(C)C)cc(CC)c1S. The number of hydrogen-bond acceptors (Lipinski definition) is 1. The van der Waals surface area contributed by atoms with E-state index in [0.717, 1.165) is 12.8 Å². The summed E-state index contributed by atoms with van der Waals surface area (Å²) in [5, 5.41) is 1.01. The monoisotopic (exact) mass is 378 g/mol. The molecule has 0 bridgehead atoms. The standard InChI is InChI=1S/C23H42SSi/c1-12-18-14-17(15-19(13-2)20(18)24)16-25(21(3,4)5,22(6,7)8)23(9,10)11/h14-15,24H,12-13,16H2,1-11H3. The predicted octanol–water partition coefficient (Wildman–Crippen LogP) is 8.03. The Morgan fingerprint density at radius 2 is 1.04 bits per heavy atom. The van der Waals surface area contributed by atoms with E-state index in [1.54, 1.807) is 0 Å². The van der Waals surface area contributed by atoms with Crippen molar-refractivity contribution in [2.24, 2.45) is 0 Å². The van der Waals surface area contributed by atoms with E-state index in [-0.39, 0.29) is 0 Å². The fourth-order valence-corrected chi connectivity index (χ4v) is 15.6. The summed E-state index contributed by atoms with van der Waals surface area (Å²) >= 11 is 4.81. The Balaban J connectivity index is 3.67. The van der Waals surface area contributed by atoms with Crippen LogP contribution in [-0.4, -0.2) is 8.07 Å². The molecule has 0 atom stereocenters. The summed E-state index contributed by atoms with van der Waals surface area (Å²) in [5.74, 6) is 0. The summed E-state index contributed by atoms with van der Waals surface area (Å²) in [5.41, 5.74) is 4.37. The molecule has 0 saturated carbocycles. The van der Waals surface area contributed by atoms with Crippen LogP contribution in [0.4, 0.5) is 0 Å². The van der Waals surface area contributed by atoms with Crippen LogP contribution >= 0.6 is 12.6 Å². The van der Waals surface area contributed by atoms with Crippen LogP contribution in [0.3, 0.4) is 0 Å². The Kier molecular flexibility index (Phi) is 6.78. The zero-order valence-electron chi connectivity index (χ0n) is 18.7. The third-order valence-electron chi connectivity index (χ3n) is 6.40. The van der Waals surface area contributed by atoms with Crippen molar-refractivity contribution in [3.05, 3.63) is 28.8 Å². The van der Waals surface area contributed by atoms with Crippen molar-refractivity contribution in [2.45, 2.75) is 115 Å². The number of aryl methyl sites for hydroxylation is 2. The Morgan fingerprint density at radius 1 is 0.720 bits per heavy atom. The van der Waals surface area contributed by atoms with Crippen molar-refractivity contribution in [2.75, 3.05) is 0 Å². The minimum atomic E-state index is -1.75. The molecule has 0 aromatic heterocycles. The largest absolute Gasteiger partial charge is 0.143 e. The maximum atomic E-state index is 4.81. The average molecular weight is 379 g/mol. The number of hydrogen-bond donors (Lipinski definition) is 1. The molecule has 0 nitrogen and oxygen atoms in total. The van der Waals surface area contributed by atoms with E-state index >= 15 is 0 Å². The zero-order chi connectivity index (χ0) is 19.8. The van der Waals surface area contributed by atoms with Gasteiger partial charge in [0.25, 0.3) is 0 Å². The van der Waals surface area contributed by atoms with Crippen molar-refractivity contribution in [1.29, 1.82) is 0 Å². The second kappa shape index (κ2) is 7.42. The smallest absolute Gasteiger partial charge is 0.0741 e. The maximum Gasteiger partial charge on any atom is 0.0741 e. The second-order valence-electron chi connectivity index (χ2n) is 10.8. The molecule has 0 heterocycles. The minimum absolute atomic E-state index is 0.335. The summed E-state index contributed by atoms with van der Waals surface area (Å²) < 4.78 is 0. The normalized spacial score (nSPS) is 14.1. The average Bonchev–Trinajstić information content (AvgIpc) is 2.41. The molecule has 0 saturated heterocycles. The molecule has 144 valence electrons. The lowest BCUT2D eigenvalue weighted by Crippen LogP contribution is -2.60. The molecular weight excluding hydrogens is 336 g/mol. The van der Waals surface area contributed by atoms with Crippen LogP contribution in [0, 0.1) is 0 Å². The highest BCUT2D eigenvalue weighted by molar-refractivity contribution is 7.80. The van der Waals surface area contributed by atoms with E-state index in [0.29, 0.717) is 15.1 Å². The molecule has 1 aromatic carbocycles. The van der Waals surface area contributed by atoms with Gasteiger partial charge in [-0.2, -0.15) is 0 Å². The van der Waals surface area contributed by atoms with Crippen molar-refractivity contribution < 1.29 is 0 Å². The molecule has 0 unspecified atom stereocenters. The third-order valence-corrected chi connectivity index (χ3v) is 15.6. The lowest BCUT2D eigenvalue weighted by molar-refractivity contribution is 0.525. The lowest BCUT2D eigenvalue weighted by atomic mass is 10.0. The first-order valence-corrected chi connectivity index (χ1v) is 12.6. The highest BCUT2D eigenvalue weighted by atomic mass is 32.1.